The van der Waals surface area contributed by atoms with Crippen LogP contribution in [-0.4, -0.2) is 48.0 Å². The summed E-state index contributed by atoms with van der Waals surface area (Å²) in [5.41, 5.74) is 0.610. The third kappa shape index (κ3) is 11.9. The molecule has 1 unspecified atom stereocenters. The fourth-order valence-corrected chi connectivity index (χ4v) is 3.55. The van der Waals surface area contributed by atoms with Gasteiger partial charge in [0, 0.05) is 12.2 Å². The summed E-state index contributed by atoms with van der Waals surface area (Å²) in [5, 5.41) is 0. The van der Waals surface area contributed by atoms with Crippen molar-refractivity contribution in [1.29, 1.82) is 0 Å². The molecule has 0 bridgehead atoms. The summed E-state index contributed by atoms with van der Waals surface area (Å²) in [6.45, 7) is 4.18. The molecule has 1 heterocycles. The second kappa shape index (κ2) is 16.9. The molecule has 206 valence electrons. The Hall–Kier alpha value is -2.68. The number of alkyl halides is 3. The van der Waals surface area contributed by atoms with Crippen LogP contribution in [0.2, 0.25) is 0 Å². The van der Waals surface area contributed by atoms with Gasteiger partial charge in [0.05, 0.1) is 31.2 Å². The van der Waals surface area contributed by atoms with Crippen LogP contribution in [0.15, 0.2) is 36.7 Å². The molecule has 2 rings (SSSR count). The van der Waals surface area contributed by atoms with Crippen molar-refractivity contribution in [3.8, 4) is 17.1 Å². The van der Waals surface area contributed by atoms with Gasteiger partial charge < -0.3 is 14.2 Å². The summed E-state index contributed by atoms with van der Waals surface area (Å²) < 4.78 is 55.1. The van der Waals surface area contributed by atoms with E-state index in [0.29, 0.717) is 30.2 Å². The lowest BCUT2D eigenvalue weighted by atomic mass is 10.1. The first-order chi connectivity index (χ1) is 17.8. The first kappa shape index (κ1) is 30.5. The molecule has 0 amide bonds. The van der Waals surface area contributed by atoms with Crippen molar-refractivity contribution in [2.75, 3.05) is 19.8 Å². The fraction of sp³-hybridized carbons (Fsp3) is 0.607. The number of halogens is 3. The number of carbonyl (C=O) groups is 1. The summed E-state index contributed by atoms with van der Waals surface area (Å²) in [6, 6.07) is 5.90. The smallest absolute Gasteiger partial charge is 0.427 e. The van der Waals surface area contributed by atoms with Crippen LogP contribution < -0.4 is 4.74 Å². The Morgan fingerprint density at radius 1 is 0.838 bits per heavy atom. The second-order valence-corrected chi connectivity index (χ2v) is 9.01. The highest BCUT2D eigenvalue weighted by molar-refractivity contribution is 5.90. The number of carbonyl (C=O) groups excluding carboxylic acids is 1. The van der Waals surface area contributed by atoms with E-state index in [0.717, 1.165) is 19.3 Å². The Morgan fingerprint density at radius 3 is 2.03 bits per heavy atom. The molecule has 0 saturated carbocycles. The van der Waals surface area contributed by atoms with E-state index in [9.17, 15) is 18.0 Å². The first-order valence-corrected chi connectivity index (χ1v) is 13.3. The standard InChI is InChI=1S/C28H39F3N2O4/c1-3-5-7-8-9-10-11-12-18-36-24-19-32-26(33-20-24)22-13-15-23(16-14-22)27(34)37-25(28(29,30)31)21-35-17-6-4-2/h13-16,19-20,25H,3-12,17-18,21H2,1-2H3. The Morgan fingerprint density at radius 2 is 1.43 bits per heavy atom. The zero-order valence-corrected chi connectivity index (χ0v) is 21.9. The number of rotatable bonds is 18. The lowest BCUT2D eigenvalue weighted by Gasteiger charge is -2.20. The molecule has 0 N–H and O–H groups in total. The molecule has 0 radical (unpaired) electrons. The molecular formula is C28H39F3N2O4. The minimum atomic E-state index is -4.71. The summed E-state index contributed by atoms with van der Waals surface area (Å²) in [6.07, 6.45) is 7.35. The molecule has 1 aromatic carbocycles. The predicted molar refractivity (Wildman–Crippen MR) is 137 cm³/mol. The van der Waals surface area contributed by atoms with Crippen molar-refractivity contribution >= 4 is 5.97 Å². The summed E-state index contributed by atoms with van der Waals surface area (Å²) in [5.74, 6) is -0.0818. The molecule has 1 atom stereocenters. The lowest BCUT2D eigenvalue weighted by molar-refractivity contribution is -0.217. The third-order valence-corrected chi connectivity index (χ3v) is 5.80. The molecule has 9 heteroatoms. The maximum absolute atomic E-state index is 13.2. The number of ether oxygens (including phenoxy) is 3. The van der Waals surface area contributed by atoms with Crippen LogP contribution in [0.25, 0.3) is 11.4 Å². The molecule has 1 aromatic heterocycles. The monoisotopic (exact) mass is 524 g/mol. The maximum atomic E-state index is 13.2. The molecule has 0 aliphatic carbocycles. The minimum Gasteiger partial charge on any atom is -0.490 e. The molecule has 2 aromatic rings. The van der Waals surface area contributed by atoms with E-state index in [1.807, 2.05) is 6.92 Å². The number of nitrogens with zero attached hydrogens (tertiary/aromatic N) is 2. The quantitative estimate of drug-likeness (QED) is 0.148. The number of hydrogen-bond acceptors (Lipinski definition) is 6. The van der Waals surface area contributed by atoms with Crippen molar-refractivity contribution in [3.63, 3.8) is 0 Å². The van der Waals surface area contributed by atoms with Crippen LogP contribution in [0.3, 0.4) is 0 Å². The van der Waals surface area contributed by atoms with Crippen molar-refractivity contribution in [3.05, 3.63) is 42.2 Å². The average Bonchev–Trinajstić information content (AvgIpc) is 2.89. The highest BCUT2D eigenvalue weighted by Crippen LogP contribution is 2.25. The van der Waals surface area contributed by atoms with E-state index in [4.69, 9.17) is 9.47 Å². The average molecular weight is 525 g/mol. The maximum Gasteiger partial charge on any atom is 0.427 e. The van der Waals surface area contributed by atoms with E-state index in [2.05, 4.69) is 21.6 Å². The molecule has 0 aliphatic heterocycles. The molecule has 0 saturated heterocycles. The van der Waals surface area contributed by atoms with Crippen molar-refractivity contribution in [2.45, 2.75) is 90.3 Å². The van der Waals surface area contributed by atoms with Gasteiger partial charge >= 0.3 is 12.1 Å². The molecule has 6 nitrogen and oxygen atoms in total. The fourth-order valence-electron chi connectivity index (χ4n) is 3.55. The van der Waals surface area contributed by atoms with Gasteiger partial charge in [-0.25, -0.2) is 14.8 Å². The molecule has 37 heavy (non-hydrogen) atoms. The summed E-state index contributed by atoms with van der Waals surface area (Å²) in [7, 11) is 0. The summed E-state index contributed by atoms with van der Waals surface area (Å²) >= 11 is 0. The minimum absolute atomic E-state index is 0.00289. The van der Waals surface area contributed by atoms with E-state index in [1.54, 1.807) is 24.5 Å². The Bertz CT molecular complexity index is 890. The van der Waals surface area contributed by atoms with Gasteiger partial charge in [-0.1, -0.05) is 77.3 Å². The van der Waals surface area contributed by atoms with Crippen LogP contribution in [0, 0.1) is 0 Å². The zero-order chi connectivity index (χ0) is 26.9. The van der Waals surface area contributed by atoms with Gasteiger partial charge in [-0.2, -0.15) is 13.2 Å². The van der Waals surface area contributed by atoms with Crippen molar-refractivity contribution < 1.29 is 32.2 Å². The Balaban J connectivity index is 1.80. The van der Waals surface area contributed by atoms with Crippen molar-refractivity contribution in [2.24, 2.45) is 0 Å². The van der Waals surface area contributed by atoms with Gasteiger partial charge in [0.25, 0.3) is 0 Å². The van der Waals surface area contributed by atoms with Gasteiger partial charge in [-0.05, 0) is 25.0 Å². The van der Waals surface area contributed by atoms with Crippen LogP contribution in [0.4, 0.5) is 13.2 Å². The summed E-state index contributed by atoms with van der Waals surface area (Å²) in [4.78, 5) is 20.9. The number of benzene rings is 1. The largest absolute Gasteiger partial charge is 0.490 e. The highest BCUT2D eigenvalue weighted by atomic mass is 19.4. The van der Waals surface area contributed by atoms with Crippen LogP contribution in [0.5, 0.6) is 5.75 Å². The van der Waals surface area contributed by atoms with Gasteiger partial charge in [-0.3, -0.25) is 0 Å². The lowest BCUT2D eigenvalue weighted by Crippen LogP contribution is -2.38. The van der Waals surface area contributed by atoms with Gasteiger partial charge in [-0.15, -0.1) is 0 Å². The van der Waals surface area contributed by atoms with Gasteiger partial charge in [0.2, 0.25) is 6.10 Å². The van der Waals surface area contributed by atoms with E-state index in [1.165, 1.54) is 50.7 Å². The topological polar surface area (TPSA) is 70.5 Å². The molecule has 0 fully saturated rings. The van der Waals surface area contributed by atoms with E-state index in [-0.39, 0.29) is 12.2 Å². The SMILES string of the molecule is CCCCCCCCCCOc1cnc(-c2ccc(C(=O)OC(COCCCC)C(F)(F)F)cc2)nc1. The Kier molecular flexibility index (Phi) is 14.0. The number of aromatic nitrogens is 2. The highest BCUT2D eigenvalue weighted by Gasteiger charge is 2.43. The number of esters is 1. The second-order valence-electron chi connectivity index (χ2n) is 9.01. The Labute approximate surface area is 217 Å². The van der Waals surface area contributed by atoms with Crippen LogP contribution in [0.1, 0.15) is 88.4 Å². The number of hydrogen-bond donors (Lipinski definition) is 0. The van der Waals surface area contributed by atoms with Crippen molar-refractivity contribution in [1.82, 2.24) is 9.97 Å². The third-order valence-electron chi connectivity index (χ3n) is 5.80. The van der Waals surface area contributed by atoms with Crippen LogP contribution >= 0.6 is 0 Å². The molecular weight excluding hydrogens is 485 g/mol. The zero-order valence-electron chi connectivity index (χ0n) is 21.9. The van der Waals surface area contributed by atoms with Crippen LogP contribution in [-0.2, 0) is 9.47 Å². The normalized spacial score (nSPS) is 12.4. The molecule has 0 spiro atoms. The molecule has 0 aliphatic rings. The first-order valence-electron chi connectivity index (χ1n) is 13.3. The van der Waals surface area contributed by atoms with E-state index >= 15 is 0 Å². The number of unbranched alkanes of at least 4 members (excludes halogenated alkanes) is 8. The van der Waals surface area contributed by atoms with Gasteiger partial charge in [0.1, 0.15) is 0 Å². The predicted octanol–water partition coefficient (Wildman–Crippen LogP) is 7.57. The van der Waals surface area contributed by atoms with E-state index < -0.39 is 24.9 Å². The van der Waals surface area contributed by atoms with Gasteiger partial charge in [0.15, 0.2) is 11.6 Å².